The monoisotopic (exact) mass is 472 g/mol. The van der Waals surface area contributed by atoms with E-state index in [1.54, 1.807) is 0 Å². The van der Waals surface area contributed by atoms with Gasteiger partial charge in [0.15, 0.2) is 5.76 Å². The Bertz CT molecular complexity index is 1220. The van der Waals surface area contributed by atoms with E-state index < -0.39 is 5.41 Å². The number of esters is 1. The zero-order valence-electron chi connectivity index (χ0n) is 20.7. The summed E-state index contributed by atoms with van der Waals surface area (Å²) in [5.74, 6) is 0.793. The molecule has 0 bridgehead atoms. The van der Waals surface area contributed by atoms with Crippen molar-refractivity contribution in [2.24, 2.45) is 0 Å². The Balaban J connectivity index is 1.29. The largest absolute Gasteiger partial charge is 0.465 e. The van der Waals surface area contributed by atoms with Crippen LogP contribution >= 0.6 is 0 Å². The first-order chi connectivity index (χ1) is 16.9. The minimum Gasteiger partial charge on any atom is -0.465 e. The van der Waals surface area contributed by atoms with Crippen LogP contribution < -0.4 is 0 Å². The highest BCUT2D eigenvalue weighted by Gasteiger charge is 2.52. The standard InChI is InChI=1S/C29H32N2O4/c1-4-34-28(33)29(17-18-29)23-11-9-21(10-12-23)20-5-7-22(8-6-20)27-25(19(2)30-35-27)15-16-26(32)31(3)24-13-14-24/h5-12,24H,4,13-18H2,1-3H3. The lowest BCUT2D eigenvalue weighted by molar-refractivity contribution is -0.146. The molecule has 1 heterocycles. The van der Waals surface area contributed by atoms with Crippen molar-refractivity contribution in [2.45, 2.75) is 63.8 Å². The number of ether oxygens (including phenoxy) is 1. The highest BCUT2D eigenvalue weighted by molar-refractivity contribution is 5.87. The van der Waals surface area contributed by atoms with E-state index in [4.69, 9.17) is 9.26 Å². The molecule has 0 aliphatic heterocycles. The van der Waals surface area contributed by atoms with Gasteiger partial charge in [0.1, 0.15) is 0 Å². The molecule has 6 nitrogen and oxygen atoms in total. The van der Waals surface area contributed by atoms with Crippen molar-refractivity contribution in [3.63, 3.8) is 0 Å². The number of rotatable bonds is 9. The third kappa shape index (κ3) is 4.62. The molecule has 1 amide bonds. The van der Waals surface area contributed by atoms with Gasteiger partial charge in [-0.1, -0.05) is 53.7 Å². The second-order valence-corrected chi connectivity index (χ2v) is 9.77. The number of carbonyl (C=O) groups excluding carboxylic acids is 2. The van der Waals surface area contributed by atoms with E-state index in [-0.39, 0.29) is 11.9 Å². The number of carbonyl (C=O) groups is 2. The van der Waals surface area contributed by atoms with E-state index in [2.05, 4.69) is 29.4 Å². The lowest BCUT2D eigenvalue weighted by atomic mass is 9.93. The summed E-state index contributed by atoms with van der Waals surface area (Å²) in [6, 6.07) is 16.8. The number of amides is 1. The maximum atomic E-state index is 12.5. The number of benzene rings is 2. The Morgan fingerprint density at radius 1 is 1.03 bits per heavy atom. The molecular weight excluding hydrogens is 440 g/mol. The third-order valence-electron chi connectivity index (χ3n) is 7.40. The van der Waals surface area contributed by atoms with Gasteiger partial charge in [-0.2, -0.15) is 0 Å². The van der Waals surface area contributed by atoms with Crippen molar-refractivity contribution in [1.82, 2.24) is 10.1 Å². The molecule has 0 unspecified atom stereocenters. The summed E-state index contributed by atoms with van der Waals surface area (Å²) < 4.78 is 10.9. The van der Waals surface area contributed by atoms with E-state index in [0.29, 0.717) is 25.5 Å². The van der Waals surface area contributed by atoms with Gasteiger partial charge in [-0.05, 0) is 62.6 Å². The molecule has 0 N–H and O–H groups in total. The molecule has 6 heteroatoms. The number of hydrogen-bond donors (Lipinski definition) is 0. The van der Waals surface area contributed by atoms with E-state index in [1.807, 2.05) is 50.1 Å². The van der Waals surface area contributed by atoms with Crippen LogP contribution in [0.25, 0.3) is 22.5 Å². The molecule has 2 aliphatic carbocycles. The van der Waals surface area contributed by atoms with Crippen LogP contribution in [0.5, 0.6) is 0 Å². The molecule has 0 saturated heterocycles. The fourth-order valence-electron chi connectivity index (χ4n) is 4.78. The molecule has 0 spiro atoms. The van der Waals surface area contributed by atoms with E-state index in [9.17, 15) is 9.59 Å². The third-order valence-corrected chi connectivity index (χ3v) is 7.40. The molecule has 5 rings (SSSR count). The van der Waals surface area contributed by atoms with Crippen LogP contribution in [0.2, 0.25) is 0 Å². The number of aryl methyl sites for hydroxylation is 1. The topological polar surface area (TPSA) is 72.6 Å². The van der Waals surface area contributed by atoms with Crippen molar-refractivity contribution >= 4 is 11.9 Å². The minimum absolute atomic E-state index is 0.115. The number of nitrogens with zero attached hydrogens (tertiary/aromatic N) is 2. The van der Waals surface area contributed by atoms with Gasteiger partial charge in [0.25, 0.3) is 0 Å². The fraction of sp³-hybridized carbons (Fsp3) is 0.414. The molecule has 35 heavy (non-hydrogen) atoms. The molecule has 182 valence electrons. The SMILES string of the molecule is CCOC(=O)C1(c2ccc(-c3ccc(-c4onc(C)c4CCC(=O)N(C)C4CC4)cc3)cc2)CC1. The summed E-state index contributed by atoms with van der Waals surface area (Å²) in [5, 5.41) is 4.17. The van der Waals surface area contributed by atoms with Gasteiger partial charge in [0.05, 0.1) is 17.7 Å². The Hall–Kier alpha value is -3.41. The van der Waals surface area contributed by atoms with Crippen LogP contribution in [-0.2, 0) is 26.2 Å². The Morgan fingerprint density at radius 3 is 2.20 bits per heavy atom. The summed E-state index contributed by atoms with van der Waals surface area (Å²) in [7, 11) is 1.90. The average molecular weight is 473 g/mol. The van der Waals surface area contributed by atoms with Gasteiger partial charge in [-0.25, -0.2) is 0 Å². The molecule has 0 radical (unpaired) electrons. The molecule has 2 aromatic carbocycles. The summed E-state index contributed by atoms with van der Waals surface area (Å²) >= 11 is 0. The van der Waals surface area contributed by atoms with Crippen molar-refractivity contribution in [3.8, 4) is 22.5 Å². The van der Waals surface area contributed by atoms with Gasteiger partial charge in [0.2, 0.25) is 5.91 Å². The summed E-state index contributed by atoms with van der Waals surface area (Å²) in [6.45, 7) is 4.18. The first-order valence-electron chi connectivity index (χ1n) is 12.5. The van der Waals surface area contributed by atoms with Gasteiger partial charge >= 0.3 is 5.97 Å². The zero-order valence-corrected chi connectivity index (χ0v) is 20.7. The molecule has 3 aromatic rings. The quantitative estimate of drug-likeness (QED) is 0.387. The van der Waals surface area contributed by atoms with Gasteiger partial charge in [0, 0.05) is 30.6 Å². The van der Waals surface area contributed by atoms with Crippen molar-refractivity contribution in [3.05, 3.63) is 65.4 Å². The fourth-order valence-corrected chi connectivity index (χ4v) is 4.78. The van der Waals surface area contributed by atoms with Crippen LogP contribution in [-0.4, -0.2) is 41.6 Å². The molecule has 2 saturated carbocycles. The van der Waals surface area contributed by atoms with Crippen LogP contribution in [0.4, 0.5) is 0 Å². The van der Waals surface area contributed by atoms with Crippen molar-refractivity contribution in [2.75, 3.05) is 13.7 Å². The van der Waals surface area contributed by atoms with Crippen molar-refractivity contribution < 1.29 is 18.8 Å². The van der Waals surface area contributed by atoms with Crippen LogP contribution in [0.15, 0.2) is 53.1 Å². The second-order valence-electron chi connectivity index (χ2n) is 9.77. The number of hydrogen-bond acceptors (Lipinski definition) is 5. The Labute approximate surface area is 206 Å². The van der Waals surface area contributed by atoms with E-state index in [1.165, 1.54) is 0 Å². The molecule has 0 atom stereocenters. The molecule has 1 aromatic heterocycles. The maximum absolute atomic E-state index is 12.5. The number of aromatic nitrogens is 1. The second kappa shape index (κ2) is 9.33. The van der Waals surface area contributed by atoms with Gasteiger partial charge in [-0.15, -0.1) is 0 Å². The van der Waals surface area contributed by atoms with E-state index >= 15 is 0 Å². The van der Waals surface area contributed by atoms with Gasteiger partial charge in [-0.3, -0.25) is 9.59 Å². The predicted molar refractivity (Wildman–Crippen MR) is 134 cm³/mol. The zero-order chi connectivity index (χ0) is 24.6. The Morgan fingerprint density at radius 2 is 1.63 bits per heavy atom. The van der Waals surface area contributed by atoms with Crippen LogP contribution in [0.1, 0.15) is 55.8 Å². The van der Waals surface area contributed by atoms with E-state index in [0.717, 1.165) is 65.0 Å². The first-order valence-corrected chi connectivity index (χ1v) is 12.5. The van der Waals surface area contributed by atoms with Crippen molar-refractivity contribution in [1.29, 1.82) is 0 Å². The average Bonchev–Trinajstić information content (AvgIpc) is 3.80. The minimum atomic E-state index is -0.451. The van der Waals surface area contributed by atoms with Crippen LogP contribution in [0.3, 0.4) is 0 Å². The first kappa shape index (κ1) is 23.3. The molecule has 2 fully saturated rings. The molecule has 2 aliphatic rings. The normalized spacial score (nSPS) is 16.1. The Kier molecular flexibility index (Phi) is 6.22. The highest BCUT2D eigenvalue weighted by atomic mass is 16.5. The maximum Gasteiger partial charge on any atom is 0.316 e. The lowest BCUT2D eigenvalue weighted by Gasteiger charge is -2.16. The predicted octanol–water partition coefficient (Wildman–Crippen LogP) is 5.47. The van der Waals surface area contributed by atoms with Gasteiger partial charge < -0.3 is 14.2 Å². The summed E-state index contributed by atoms with van der Waals surface area (Å²) in [4.78, 5) is 26.7. The highest BCUT2D eigenvalue weighted by Crippen LogP contribution is 2.49. The lowest BCUT2D eigenvalue weighted by Crippen LogP contribution is -2.28. The molecular formula is C29H32N2O4. The summed E-state index contributed by atoms with van der Waals surface area (Å²) in [5.41, 5.74) is 5.52. The summed E-state index contributed by atoms with van der Waals surface area (Å²) in [6.07, 6.45) is 5.00. The smallest absolute Gasteiger partial charge is 0.316 e. The van der Waals surface area contributed by atoms with Crippen LogP contribution in [0, 0.1) is 6.92 Å².